The number of carboxylic acids is 1. The topological polar surface area (TPSA) is 52.6 Å². The first-order chi connectivity index (χ1) is 6.63. The number of nitrogens with zero attached hydrogens (tertiary/aromatic N) is 1. The standard InChI is InChI=1S/C10H20N2O2.2ClH/c1-8(6-10(13)14)12-5-3-4-9(7-12)11-2;;/h8-9,11H,3-7H2,1-2H3,(H,13,14);2*1H. The molecule has 2 atom stereocenters. The van der Waals surface area contributed by atoms with Crippen LogP contribution in [0.3, 0.4) is 0 Å². The number of likely N-dealkylation sites (tertiary alicyclic amines) is 1. The number of likely N-dealkylation sites (N-methyl/N-ethyl adjacent to an activating group) is 1. The summed E-state index contributed by atoms with van der Waals surface area (Å²) in [6.07, 6.45) is 2.61. The maximum absolute atomic E-state index is 10.6. The first-order valence-corrected chi connectivity index (χ1v) is 5.26. The van der Waals surface area contributed by atoms with Crippen molar-refractivity contribution in [3.63, 3.8) is 0 Å². The van der Waals surface area contributed by atoms with Gasteiger partial charge in [-0.05, 0) is 33.4 Å². The third-order valence-corrected chi connectivity index (χ3v) is 2.95. The fourth-order valence-electron chi connectivity index (χ4n) is 2.02. The first kappa shape index (κ1) is 18.3. The second-order valence-corrected chi connectivity index (χ2v) is 4.07. The van der Waals surface area contributed by atoms with Gasteiger partial charge in [-0.15, -0.1) is 24.8 Å². The van der Waals surface area contributed by atoms with Crippen molar-refractivity contribution in [3.05, 3.63) is 0 Å². The van der Waals surface area contributed by atoms with Crippen molar-refractivity contribution in [1.82, 2.24) is 10.2 Å². The second kappa shape index (κ2) is 9.05. The summed E-state index contributed by atoms with van der Waals surface area (Å²) in [6.45, 7) is 4.00. The molecule has 0 amide bonds. The minimum atomic E-state index is -0.705. The maximum Gasteiger partial charge on any atom is 0.304 e. The molecular formula is C10H22Cl2N2O2. The van der Waals surface area contributed by atoms with Gasteiger partial charge in [0.15, 0.2) is 0 Å². The third-order valence-electron chi connectivity index (χ3n) is 2.95. The van der Waals surface area contributed by atoms with Gasteiger partial charge in [-0.2, -0.15) is 0 Å². The molecule has 4 nitrogen and oxygen atoms in total. The van der Waals surface area contributed by atoms with Crippen molar-refractivity contribution >= 4 is 30.8 Å². The van der Waals surface area contributed by atoms with E-state index in [4.69, 9.17) is 5.11 Å². The van der Waals surface area contributed by atoms with Crippen LogP contribution >= 0.6 is 24.8 Å². The SMILES string of the molecule is CNC1CCCN(C(C)CC(=O)O)C1.Cl.Cl. The van der Waals surface area contributed by atoms with Crippen LogP contribution in [0.1, 0.15) is 26.2 Å². The molecular weight excluding hydrogens is 251 g/mol. The average molecular weight is 273 g/mol. The van der Waals surface area contributed by atoms with E-state index >= 15 is 0 Å². The Balaban J connectivity index is 0. The molecule has 0 spiro atoms. The van der Waals surface area contributed by atoms with Crippen LogP contribution in [0.5, 0.6) is 0 Å². The number of nitrogens with one attached hydrogen (secondary N) is 1. The van der Waals surface area contributed by atoms with Crippen LogP contribution in [0, 0.1) is 0 Å². The van der Waals surface area contributed by atoms with E-state index in [2.05, 4.69) is 10.2 Å². The van der Waals surface area contributed by atoms with Crippen molar-refractivity contribution < 1.29 is 9.90 Å². The summed E-state index contributed by atoms with van der Waals surface area (Å²) in [7, 11) is 1.97. The van der Waals surface area contributed by atoms with Crippen molar-refractivity contribution in [2.24, 2.45) is 0 Å². The summed E-state index contributed by atoms with van der Waals surface area (Å²) in [6, 6.07) is 0.684. The van der Waals surface area contributed by atoms with Crippen LogP contribution < -0.4 is 5.32 Å². The maximum atomic E-state index is 10.6. The smallest absolute Gasteiger partial charge is 0.304 e. The van der Waals surface area contributed by atoms with Gasteiger partial charge in [0.05, 0.1) is 6.42 Å². The zero-order valence-corrected chi connectivity index (χ0v) is 11.4. The predicted octanol–water partition coefficient (Wildman–Crippen LogP) is 1.38. The van der Waals surface area contributed by atoms with Gasteiger partial charge in [0.1, 0.15) is 0 Å². The van der Waals surface area contributed by atoms with E-state index < -0.39 is 5.97 Å². The fourth-order valence-corrected chi connectivity index (χ4v) is 2.02. The molecule has 2 N–H and O–H groups in total. The Labute approximate surface area is 110 Å². The van der Waals surface area contributed by atoms with Crippen molar-refractivity contribution in [2.45, 2.75) is 38.3 Å². The molecule has 1 heterocycles. The number of aliphatic carboxylic acids is 1. The molecule has 1 saturated heterocycles. The predicted molar refractivity (Wildman–Crippen MR) is 69.9 cm³/mol. The van der Waals surface area contributed by atoms with Crippen molar-refractivity contribution in [2.75, 3.05) is 20.1 Å². The summed E-state index contributed by atoms with van der Waals surface area (Å²) >= 11 is 0. The van der Waals surface area contributed by atoms with E-state index in [-0.39, 0.29) is 37.3 Å². The van der Waals surface area contributed by atoms with Crippen LogP contribution in [-0.4, -0.2) is 48.2 Å². The zero-order chi connectivity index (χ0) is 10.6. The van der Waals surface area contributed by atoms with E-state index in [1.165, 1.54) is 6.42 Å². The van der Waals surface area contributed by atoms with Crippen molar-refractivity contribution in [3.8, 4) is 0 Å². The minimum absolute atomic E-state index is 0. The lowest BCUT2D eigenvalue weighted by Crippen LogP contribution is -2.48. The molecule has 1 fully saturated rings. The molecule has 0 aromatic rings. The van der Waals surface area contributed by atoms with Crippen LogP contribution in [0.15, 0.2) is 0 Å². The van der Waals surface area contributed by atoms with Gasteiger partial charge in [-0.1, -0.05) is 0 Å². The van der Waals surface area contributed by atoms with Gasteiger partial charge in [-0.25, -0.2) is 0 Å². The Morgan fingerprint density at radius 3 is 2.69 bits per heavy atom. The number of halogens is 2. The van der Waals surface area contributed by atoms with Gasteiger partial charge >= 0.3 is 5.97 Å². The van der Waals surface area contributed by atoms with Gasteiger partial charge in [0.2, 0.25) is 0 Å². The van der Waals surface area contributed by atoms with Gasteiger partial charge in [-0.3, -0.25) is 9.69 Å². The number of hydrogen-bond acceptors (Lipinski definition) is 3. The number of carboxylic acid groups (broad SMARTS) is 1. The van der Waals surface area contributed by atoms with Crippen molar-refractivity contribution in [1.29, 1.82) is 0 Å². The highest BCUT2D eigenvalue weighted by molar-refractivity contribution is 5.85. The van der Waals surface area contributed by atoms with Crippen LogP contribution in [0.2, 0.25) is 0 Å². The highest BCUT2D eigenvalue weighted by atomic mass is 35.5. The number of hydrogen-bond donors (Lipinski definition) is 2. The van der Waals surface area contributed by atoms with E-state index in [1.54, 1.807) is 0 Å². The summed E-state index contributed by atoms with van der Waals surface area (Å²) in [5.41, 5.74) is 0. The lowest BCUT2D eigenvalue weighted by Gasteiger charge is -2.36. The highest BCUT2D eigenvalue weighted by Gasteiger charge is 2.23. The van der Waals surface area contributed by atoms with Crippen LogP contribution in [0.25, 0.3) is 0 Å². The largest absolute Gasteiger partial charge is 0.481 e. The molecule has 0 bridgehead atoms. The molecule has 98 valence electrons. The molecule has 6 heteroatoms. The van der Waals surface area contributed by atoms with Crippen LogP contribution in [-0.2, 0) is 4.79 Å². The summed E-state index contributed by atoms with van der Waals surface area (Å²) in [5.74, 6) is -0.705. The number of piperidine rings is 1. The lowest BCUT2D eigenvalue weighted by atomic mass is 10.0. The zero-order valence-electron chi connectivity index (χ0n) is 9.81. The van der Waals surface area contributed by atoms with E-state index in [0.29, 0.717) is 6.04 Å². The monoisotopic (exact) mass is 272 g/mol. The molecule has 1 rings (SSSR count). The molecule has 16 heavy (non-hydrogen) atoms. The summed E-state index contributed by atoms with van der Waals surface area (Å²) in [4.78, 5) is 12.8. The summed E-state index contributed by atoms with van der Waals surface area (Å²) in [5, 5.41) is 11.9. The minimum Gasteiger partial charge on any atom is -0.481 e. The Morgan fingerprint density at radius 2 is 2.19 bits per heavy atom. The fraction of sp³-hybridized carbons (Fsp3) is 0.900. The molecule has 0 aliphatic carbocycles. The highest BCUT2D eigenvalue weighted by Crippen LogP contribution is 2.14. The van der Waals surface area contributed by atoms with E-state index in [1.807, 2.05) is 14.0 Å². The number of carbonyl (C=O) groups is 1. The van der Waals surface area contributed by atoms with Gasteiger partial charge in [0, 0.05) is 18.6 Å². The quantitative estimate of drug-likeness (QED) is 0.812. The Kier molecular flexibility index (Phi) is 10.4. The van der Waals surface area contributed by atoms with E-state index in [9.17, 15) is 4.79 Å². The summed E-state index contributed by atoms with van der Waals surface area (Å²) < 4.78 is 0. The Bertz CT molecular complexity index is 205. The molecule has 2 unspecified atom stereocenters. The first-order valence-electron chi connectivity index (χ1n) is 5.26. The molecule has 0 aromatic carbocycles. The average Bonchev–Trinajstić information content (AvgIpc) is 2.17. The molecule has 1 aliphatic rings. The third kappa shape index (κ3) is 5.89. The van der Waals surface area contributed by atoms with Crippen LogP contribution in [0.4, 0.5) is 0 Å². The normalized spacial score (nSPS) is 22.8. The van der Waals surface area contributed by atoms with Gasteiger partial charge < -0.3 is 10.4 Å². The Morgan fingerprint density at radius 1 is 1.56 bits per heavy atom. The molecule has 1 aliphatic heterocycles. The van der Waals surface area contributed by atoms with Gasteiger partial charge in [0.25, 0.3) is 0 Å². The second-order valence-electron chi connectivity index (χ2n) is 4.07. The molecule has 0 radical (unpaired) electrons. The Hall–Kier alpha value is -0.0300. The van der Waals surface area contributed by atoms with E-state index in [0.717, 1.165) is 19.5 Å². The lowest BCUT2D eigenvalue weighted by molar-refractivity contribution is -0.138. The molecule has 0 aromatic heterocycles. The number of rotatable bonds is 4. The molecule has 0 saturated carbocycles.